The number of carbonyl (C=O) groups is 1. The summed E-state index contributed by atoms with van der Waals surface area (Å²) < 4.78 is 0. The minimum atomic E-state index is 0.124. The normalized spacial score (nSPS) is 16.6. The topological polar surface area (TPSA) is 32.3 Å². The zero-order valence-electron chi connectivity index (χ0n) is 11.4. The SMILES string of the molecule is CCNCC1CCN(C(=O)c2ccc(Cl)cc2)CC1. The molecule has 2 rings (SSSR count). The first kappa shape index (κ1) is 14.4. The average molecular weight is 281 g/mol. The molecule has 1 saturated heterocycles. The van der Waals surface area contributed by atoms with Gasteiger partial charge in [0.2, 0.25) is 0 Å². The summed E-state index contributed by atoms with van der Waals surface area (Å²) in [4.78, 5) is 14.2. The van der Waals surface area contributed by atoms with Crippen LogP contribution in [0.25, 0.3) is 0 Å². The molecular weight excluding hydrogens is 260 g/mol. The minimum absolute atomic E-state index is 0.124. The van der Waals surface area contributed by atoms with Crippen molar-refractivity contribution in [2.75, 3.05) is 26.2 Å². The Bertz CT molecular complexity index is 411. The van der Waals surface area contributed by atoms with Crippen LogP contribution in [0.3, 0.4) is 0 Å². The number of likely N-dealkylation sites (tertiary alicyclic amines) is 1. The lowest BCUT2D eigenvalue weighted by Gasteiger charge is -2.32. The van der Waals surface area contributed by atoms with Crippen LogP contribution in [-0.2, 0) is 0 Å². The van der Waals surface area contributed by atoms with Gasteiger partial charge in [-0.25, -0.2) is 0 Å². The third-order valence-corrected chi connectivity index (χ3v) is 3.93. The van der Waals surface area contributed by atoms with E-state index in [2.05, 4.69) is 12.2 Å². The molecule has 3 nitrogen and oxygen atoms in total. The number of carbonyl (C=O) groups excluding carboxylic acids is 1. The number of nitrogens with zero attached hydrogens (tertiary/aromatic N) is 1. The molecule has 0 spiro atoms. The van der Waals surface area contributed by atoms with Crippen LogP contribution >= 0.6 is 11.6 Å². The van der Waals surface area contributed by atoms with Crippen molar-refractivity contribution < 1.29 is 4.79 Å². The summed E-state index contributed by atoms with van der Waals surface area (Å²) >= 11 is 5.84. The van der Waals surface area contributed by atoms with Gasteiger partial charge in [0.25, 0.3) is 5.91 Å². The molecule has 1 aliphatic heterocycles. The van der Waals surface area contributed by atoms with Crippen molar-refractivity contribution in [3.8, 4) is 0 Å². The smallest absolute Gasteiger partial charge is 0.253 e. The molecule has 1 aliphatic rings. The van der Waals surface area contributed by atoms with E-state index in [4.69, 9.17) is 11.6 Å². The molecule has 0 aliphatic carbocycles. The Kier molecular flexibility index (Phi) is 5.23. The van der Waals surface area contributed by atoms with E-state index in [1.807, 2.05) is 4.90 Å². The molecule has 4 heteroatoms. The fraction of sp³-hybridized carbons (Fsp3) is 0.533. The van der Waals surface area contributed by atoms with E-state index in [-0.39, 0.29) is 5.91 Å². The monoisotopic (exact) mass is 280 g/mol. The Hall–Kier alpha value is -1.06. The first-order valence-electron chi connectivity index (χ1n) is 6.96. The lowest BCUT2D eigenvalue weighted by atomic mass is 9.96. The molecule has 1 heterocycles. The van der Waals surface area contributed by atoms with Crippen LogP contribution < -0.4 is 5.32 Å². The van der Waals surface area contributed by atoms with Gasteiger partial charge in [0.15, 0.2) is 0 Å². The van der Waals surface area contributed by atoms with Crippen molar-refractivity contribution >= 4 is 17.5 Å². The lowest BCUT2D eigenvalue weighted by molar-refractivity contribution is 0.0690. The van der Waals surface area contributed by atoms with Crippen LogP contribution in [0.4, 0.5) is 0 Å². The molecule has 0 atom stereocenters. The number of hydrogen-bond acceptors (Lipinski definition) is 2. The number of benzene rings is 1. The average Bonchev–Trinajstić information content (AvgIpc) is 2.46. The highest BCUT2D eigenvalue weighted by molar-refractivity contribution is 6.30. The summed E-state index contributed by atoms with van der Waals surface area (Å²) in [6.45, 7) is 5.93. The number of amides is 1. The van der Waals surface area contributed by atoms with E-state index in [0.29, 0.717) is 10.9 Å². The fourth-order valence-electron chi connectivity index (χ4n) is 2.46. The summed E-state index contributed by atoms with van der Waals surface area (Å²) in [6.07, 6.45) is 2.18. The van der Waals surface area contributed by atoms with Gasteiger partial charge in [-0.2, -0.15) is 0 Å². The summed E-state index contributed by atoms with van der Waals surface area (Å²) in [6, 6.07) is 7.14. The van der Waals surface area contributed by atoms with E-state index in [1.165, 1.54) is 0 Å². The second-order valence-electron chi connectivity index (χ2n) is 5.05. The zero-order valence-corrected chi connectivity index (χ0v) is 12.1. The predicted octanol–water partition coefficient (Wildman–Crippen LogP) is 2.80. The Morgan fingerprint density at radius 3 is 2.53 bits per heavy atom. The highest BCUT2D eigenvalue weighted by Crippen LogP contribution is 2.19. The second-order valence-corrected chi connectivity index (χ2v) is 5.49. The largest absolute Gasteiger partial charge is 0.339 e. The van der Waals surface area contributed by atoms with Crippen molar-refractivity contribution in [1.82, 2.24) is 10.2 Å². The summed E-state index contributed by atoms with van der Waals surface area (Å²) in [5.74, 6) is 0.827. The Labute approximate surface area is 119 Å². The van der Waals surface area contributed by atoms with Crippen molar-refractivity contribution in [3.05, 3.63) is 34.9 Å². The maximum absolute atomic E-state index is 12.3. The van der Waals surface area contributed by atoms with Gasteiger partial charge in [-0.05, 0) is 56.1 Å². The first-order chi connectivity index (χ1) is 9.20. The van der Waals surface area contributed by atoms with Gasteiger partial charge >= 0.3 is 0 Å². The summed E-state index contributed by atoms with van der Waals surface area (Å²) in [7, 11) is 0. The van der Waals surface area contributed by atoms with Crippen molar-refractivity contribution in [1.29, 1.82) is 0 Å². The molecule has 1 amide bonds. The standard InChI is InChI=1S/C15H21ClN2O/c1-2-17-11-12-7-9-18(10-8-12)15(19)13-3-5-14(16)6-4-13/h3-6,12,17H,2,7-11H2,1H3. The van der Waals surface area contributed by atoms with Gasteiger partial charge < -0.3 is 10.2 Å². The quantitative estimate of drug-likeness (QED) is 0.920. The van der Waals surface area contributed by atoms with Gasteiger partial charge in [0, 0.05) is 23.7 Å². The van der Waals surface area contributed by atoms with E-state index >= 15 is 0 Å². The highest BCUT2D eigenvalue weighted by atomic mass is 35.5. The lowest BCUT2D eigenvalue weighted by Crippen LogP contribution is -2.40. The minimum Gasteiger partial charge on any atom is -0.339 e. The molecular formula is C15H21ClN2O. The van der Waals surface area contributed by atoms with Crippen molar-refractivity contribution in [3.63, 3.8) is 0 Å². The predicted molar refractivity (Wildman–Crippen MR) is 78.6 cm³/mol. The van der Waals surface area contributed by atoms with Gasteiger partial charge in [-0.1, -0.05) is 18.5 Å². The Balaban J connectivity index is 1.87. The molecule has 0 bridgehead atoms. The fourth-order valence-corrected chi connectivity index (χ4v) is 2.59. The maximum atomic E-state index is 12.3. The summed E-state index contributed by atoms with van der Waals surface area (Å²) in [5, 5.41) is 4.05. The van der Waals surface area contributed by atoms with Crippen LogP contribution in [0.1, 0.15) is 30.1 Å². The van der Waals surface area contributed by atoms with Gasteiger partial charge in [0.05, 0.1) is 0 Å². The molecule has 19 heavy (non-hydrogen) atoms. The Morgan fingerprint density at radius 2 is 1.95 bits per heavy atom. The molecule has 1 aromatic rings. The zero-order chi connectivity index (χ0) is 13.7. The second kappa shape index (κ2) is 6.92. The maximum Gasteiger partial charge on any atom is 0.253 e. The van der Waals surface area contributed by atoms with Gasteiger partial charge in [-0.3, -0.25) is 4.79 Å². The van der Waals surface area contributed by atoms with Crippen LogP contribution in [0.15, 0.2) is 24.3 Å². The number of halogens is 1. The van der Waals surface area contributed by atoms with Crippen LogP contribution in [0.2, 0.25) is 5.02 Å². The highest BCUT2D eigenvalue weighted by Gasteiger charge is 2.23. The van der Waals surface area contributed by atoms with Gasteiger partial charge in [0.1, 0.15) is 0 Å². The third kappa shape index (κ3) is 3.95. The van der Waals surface area contributed by atoms with E-state index < -0.39 is 0 Å². The molecule has 1 aromatic carbocycles. The number of rotatable bonds is 4. The number of hydrogen-bond donors (Lipinski definition) is 1. The molecule has 104 valence electrons. The van der Waals surface area contributed by atoms with Crippen LogP contribution in [-0.4, -0.2) is 37.0 Å². The molecule has 0 unspecified atom stereocenters. The molecule has 1 N–H and O–H groups in total. The van der Waals surface area contributed by atoms with E-state index in [0.717, 1.165) is 44.6 Å². The number of piperidine rings is 1. The van der Waals surface area contributed by atoms with E-state index in [9.17, 15) is 4.79 Å². The first-order valence-corrected chi connectivity index (χ1v) is 7.34. The third-order valence-electron chi connectivity index (χ3n) is 3.68. The summed E-state index contributed by atoms with van der Waals surface area (Å²) in [5.41, 5.74) is 0.731. The Morgan fingerprint density at radius 1 is 1.32 bits per heavy atom. The molecule has 0 radical (unpaired) electrons. The van der Waals surface area contributed by atoms with Crippen molar-refractivity contribution in [2.24, 2.45) is 5.92 Å². The molecule has 1 fully saturated rings. The van der Waals surface area contributed by atoms with Crippen molar-refractivity contribution in [2.45, 2.75) is 19.8 Å². The molecule has 0 saturated carbocycles. The molecule has 0 aromatic heterocycles. The van der Waals surface area contributed by atoms with Crippen LogP contribution in [0, 0.1) is 5.92 Å². The van der Waals surface area contributed by atoms with Crippen LogP contribution in [0.5, 0.6) is 0 Å². The number of nitrogens with one attached hydrogen (secondary N) is 1. The van der Waals surface area contributed by atoms with E-state index in [1.54, 1.807) is 24.3 Å². The van der Waals surface area contributed by atoms with Gasteiger partial charge in [-0.15, -0.1) is 0 Å².